The van der Waals surface area contributed by atoms with Gasteiger partial charge in [0.1, 0.15) is 0 Å². The lowest BCUT2D eigenvalue weighted by molar-refractivity contribution is -0.384. The number of nitrogens with zero attached hydrogens (tertiary/aromatic N) is 4. The summed E-state index contributed by atoms with van der Waals surface area (Å²) >= 11 is 1.16. The van der Waals surface area contributed by atoms with Crippen LogP contribution in [0, 0.1) is 10.1 Å². The molecule has 1 fully saturated rings. The highest BCUT2D eigenvalue weighted by atomic mass is 32.2. The molecule has 37 heavy (non-hydrogen) atoms. The number of benzene rings is 2. The van der Waals surface area contributed by atoms with E-state index >= 15 is 0 Å². The summed E-state index contributed by atoms with van der Waals surface area (Å²) in [7, 11) is -3.74. The van der Waals surface area contributed by atoms with Crippen LogP contribution in [-0.4, -0.2) is 66.6 Å². The Hall–Kier alpha value is -2.97. The summed E-state index contributed by atoms with van der Waals surface area (Å²) in [5, 5.41) is 11.2. The number of hydrogen-bond acceptors (Lipinski definition) is 8. The second-order valence-electron chi connectivity index (χ2n) is 8.66. The van der Waals surface area contributed by atoms with E-state index in [9.17, 15) is 23.3 Å². The van der Waals surface area contributed by atoms with Crippen LogP contribution in [-0.2, 0) is 26.0 Å². The Morgan fingerprint density at radius 3 is 2.49 bits per heavy atom. The number of nitro benzene ring substituents is 1. The van der Waals surface area contributed by atoms with Gasteiger partial charge >= 0.3 is 0 Å². The van der Waals surface area contributed by atoms with E-state index in [-0.39, 0.29) is 41.4 Å². The lowest BCUT2D eigenvalue weighted by atomic mass is 10.2. The van der Waals surface area contributed by atoms with Gasteiger partial charge in [-0.15, -0.1) is 0 Å². The molecule has 11 nitrogen and oxygen atoms in total. The standard InChI is InChI=1S/C24H28N4O7S2/c1-4-34-12-11-27-21-10-7-19(28(30)31)13-22(21)36-24(27)25-23(29)18-5-8-20(9-6-18)37(32,33)26-14-16(2)35-17(3)15-26/h5-10,13,16-17H,4,11-12,14-15H2,1-3H3. The minimum atomic E-state index is -3.74. The molecule has 3 aromatic rings. The van der Waals surface area contributed by atoms with Crippen LogP contribution in [0.1, 0.15) is 31.1 Å². The molecule has 0 aliphatic carbocycles. The summed E-state index contributed by atoms with van der Waals surface area (Å²) in [6.45, 7) is 7.36. The largest absolute Gasteiger partial charge is 0.380 e. The first-order valence-corrected chi connectivity index (χ1v) is 14.1. The number of ether oxygens (including phenoxy) is 2. The zero-order chi connectivity index (χ0) is 26.7. The molecule has 1 aliphatic rings. The van der Waals surface area contributed by atoms with E-state index in [1.807, 2.05) is 20.8 Å². The number of carbonyl (C=O) groups excluding carboxylic acids is 1. The van der Waals surface area contributed by atoms with Gasteiger partial charge < -0.3 is 14.0 Å². The van der Waals surface area contributed by atoms with Gasteiger partial charge in [0.2, 0.25) is 10.0 Å². The van der Waals surface area contributed by atoms with Crippen LogP contribution < -0.4 is 4.80 Å². The monoisotopic (exact) mass is 548 g/mol. The molecule has 198 valence electrons. The molecule has 1 aliphatic heterocycles. The number of non-ortho nitro benzene ring substituents is 1. The lowest BCUT2D eigenvalue weighted by Gasteiger charge is -2.34. The quantitative estimate of drug-likeness (QED) is 0.240. The number of nitro groups is 1. The number of hydrogen-bond donors (Lipinski definition) is 0. The molecule has 1 amide bonds. The van der Waals surface area contributed by atoms with Gasteiger partial charge in [0.05, 0.1) is 38.9 Å². The molecule has 2 unspecified atom stereocenters. The summed E-state index contributed by atoms with van der Waals surface area (Å²) in [5.74, 6) is -0.552. The Morgan fingerprint density at radius 1 is 1.19 bits per heavy atom. The highest BCUT2D eigenvalue weighted by Gasteiger charge is 2.32. The Balaban J connectivity index is 1.64. The second kappa shape index (κ2) is 11.2. The summed E-state index contributed by atoms with van der Waals surface area (Å²) in [5.41, 5.74) is 0.879. The molecule has 0 spiro atoms. The van der Waals surface area contributed by atoms with E-state index in [0.717, 1.165) is 11.3 Å². The first-order valence-electron chi connectivity index (χ1n) is 11.8. The van der Waals surface area contributed by atoms with Crippen LogP contribution in [0.3, 0.4) is 0 Å². The first kappa shape index (κ1) is 27.1. The van der Waals surface area contributed by atoms with E-state index < -0.39 is 20.9 Å². The molecule has 1 aromatic heterocycles. The molecule has 0 radical (unpaired) electrons. The van der Waals surface area contributed by atoms with Gasteiger partial charge in [0.25, 0.3) is 11.6 Å². The number of amides is 1. The number of morpholine rings is 1. The topological polar surface area (TPSA) is 133 Å². The van der Waals surface area contributed by atoms with Crippen LogP contribution in [0.4, 0.5) is 5.69 Å². The minimum Gasteiger partial charge on any atom is -0.380 e. The first-order chi connectivity index (χ1) is 17.6. The molecule has 0 bridgehead atoms. The highest BCUT2D eigenvalue weighted by Crippen LogP contribution is 2.24. The SMILES string of the molecule is CCOCCn1c(=NC(=O)c2ccc(S(=O)(=O)N3CC(C)OC(C)C3)cc2)sc2cc([N+](=O)[O-])ccc21. The maximum Gasteiger partial charge on any atom is 0.279 e. The van der Waals surface area contributed by atoms with Crippen molar-refractivity contribution >= 4 is 43.2 Å². The number of rotatable bonds is 8. The number of aromatic nitrogens is 1. The fourth-order valence-electron chi connectivity index (χ4n) is 4.17. The Bertz CT molecular complexity index is 1470. The Morgan fingerprint density at radius 2 is 1.86 bits per heavy atom. The molecular formula is C24H28N4O7S2. The average molecular weight is 549 g/mol. The number of thiazole rings is 1. The average Bonchev–Trinajstić information content (AvgIpc) is 3.19. The fraction of sp³-hybridized carbons (Fsp3) is 0.417. The van der Waals surface area contributed by atoms with Crippen molar-refractivity contribution in [2.45, 2.75) is 44.4 Å². The summed E-state index contributed by atoms with van der Waals surface area (Å²) in [4.78, 5) is 28.4. The van der Waals surface area contributed by atoms with Gasteiger partial charge in [0.15, 0.2) is 4.80 Å². The molecule has 13 heteroatoms. The van der Waals surface area contributed by atoms with Crippen molar-refractivity contribution in [1.29, 1.82) is 0 Å². The van der Waals surface area contributed by atoms with Crippen LogP contribution in [0.5, 0.6) is 0 Å². The second-order valence-corrected chi connectivity index (χ2v) is 11.6. The molecule has 2 heterocycles. The summed E-state index contributed by atoms with van der Waals surface area (Å²) in [6, 6.07) is 10.2. The van der Waals surface area contributed by atoms with Crippen molar-refractivity contribution in [2.24, 2.45) is 4.99 Å². The zero-order valence-corrected chi connectivity index (χ0v) is 22.3. The molecule has 2 aromatic carbocycles. The number of sulfonamides is 1. The smallest absolute Gasteiger partial charge is 0.279 e. The number of carbonyl (C=O) groups is 1. The van der Waals surface area contributed by atoms with E-state index in [1.165, 1.54) is 40.7 Å². The molecule has 4 rings (SSSR count). The van der Waals surface area contributed by atoms with Crippen LogP contribution in [0.25, 0.3) is 10.2 Å². The van der Waals surface area contributed by atoms with Crippen LogP contribution in [0.15, 0.2) is 52.4 Å². The maximum absolute atomic E-state index is 13.1. The number of fused-ring (bicyclic) bond motifs is 1. The summed E-state index contributed by atoms with van der Waals surface area (Å²) < 4.78 is 41.1. The normalized spacial score (nSPS) is 19.4. The van der Waals surface area contributed by atoms with Crippen molar-refractivity contribution in [1.82, 2.24) is 8.87 Å². The molecule has 1 saturated heterocycles. The Labute approximate surface area is 218 Å². The van der Waals surface area contributed by atoms with Crippen molar-refractivity contribution in [2.75, 3.05) is 26.3 Å². The third-order valence-electron chi connectivity index (χ3n) is 5.86. The van der Waals surface area contributed by atoms with Gasteiger partial charge in [-0.05, 0) is 51.1 Å². The van der Waals surface area contributed by atoms with Gasteiger partial charge in [-0.1, -0.05) is 11.3 Å². The van der Waals surface area contributed by atoms with Gasteiger partial charge in [-0.25, -0.2) is 8.42 Å². The third kappa shape index (κ3) is 5.96. The zero-order valence-electron chi connectivity index (χ0n) is 20.7. The van der Waals surface area contributed by atoms with E-state index in [0.29, 0.717) is 34.8 Å². The predicted octanol–water partition coefficient (Wildman–Crippen LogP) is 3.19. The van der Waals surface area contributed by atoms with Crippen molar-refractivity contribution in [3.05, 3.63) is 62.9 Å². The Kier molecular flexibility index (Phi) is 8.19. The summed E-state index contributed by atoms with van der Waals surface area (Å²) in [6.07, 6.45) is -0.425. The van der Waals surface area contributed by atoms with Crippen molar-refractivity contribution in [3.8, 4) is 0 Å². The molecule has 2 atom stereocenters. The third-order valence-corrected chi connectivity index (χ3v) is 8.75. The fourth-order valence-corrected chi connectivity index (χ4v) is 6.85. The van der Waals surface area contributed by atoms with Crippen molar-refractivity contribution in [3.63, 3.8) is 0 Å². The highest BCUT2D eigenvalue weighted by molar-refractivity contribution is 7.89. The van der Waals surface area contributed by atoms with Gasteiger partial charge in [-0.3, -0.25) is 14.9 Å². The minimum absolute atomic E-state index is 0.0514. The lowest BCUT2D eigenvalue weighted by Crippen LogP contribution is -2.48. The van der Waals surface area contributed by atoms with E-state index in [4.69, 9.17) is 9.47 Å². The molecule has 0 N–H and O–H groups in total. The van der Waals surface area contributed by atoms with Crippen LogP contribution in [0.2, 0.25) is 0 Å². The maximum atomic E-state index is 13.1. The molecule has 0 saturated carbocycles. The van der Waals surface area contributed by atoms with Crippen LogP contribution >= 0.6 is 11.3 Å². The van der Waals surface area contributed by atoms with E-state index in [2.05, 4.69) is 4.99 Å². The van der Waals surface area contributed by atoms with Gasteiger partial charge in [0, 0.05) is 43.9 Å². The predicted molar refractivity (Wildman–Crippen MR) is 138 cm³/mol. The molecular weight excluding hydrogens is 520 g/mol. The van der Waals surface area contributed by atoms with E-state index in [1.54, 1.807) is 10.6 Å². The van der Waals surface area contributed by atoms with Gasteiger partial charge in [-0.2, -0.15) is 9.30 Å². The van der Waals surface area contributed by atoms with Crippen molar-refractivity contribution < 1.29 is 27.6 Å².